The van der Waals surface area contributed by atoms with Crippen LogP contribution in [0.4, 0.5) is 0 Å². The second kappa shape index (κ2) is 27.4. The van der Waals surface area contributed by atoms with Crippen LogP contribution in [-0.2, 0) is 9.59 Å². The predicted molar refractivity (Wildman–Crippen MR) is 169 cm³/mol. The number of aliphatic hydroxyl groups is 1. The van der Waals surface area contributed by atoms with Gasteiger partial charge in [0, 0.05) is 6.92 Å². The normalized spacial score (nSPS) is 12.6. The lowest BCUT2D eigenvalue weighted by Crippen LogP contribution is -2.59. The van der Waals surface area contributed by atoms with Gasteiger partial charge < -0.3 is 5.11 Å². The van der Waals surface area contributed by atoms with Crippen LogP contribution >= 0.6 is 0 Å². The molecule has 2 amide bonds. The van der Waals surface area contributed by atoms with Crippen LogP contribution in [-0.4, -0.2) is 34.7 Å². The first-order valence-corrected chi connectivity index (χ1v) is 17.5. The number of imide groups is 1. The molecular weight excluding hydrogens is 482 g/mol. The van der Waals surface area contributed by atoms with E-state index < -0.39 is 10.7 Å². The minimum absolute atomic E-state index is 0.118. The smallest absolute Gasteiger partial charge is 0.323 e. The first kappa shape index (κ1) is 38.3. The Morgan fingerprint density at radius 2 is 0.667 bits per heavy atom. The van der Waals surface area contributed by atoms with Gasteiger partial charge in [-0.2, -0.15) is 4.48 Å². The molecule has 0 saturated heterocycles. The van der Waals surface area contributed by atoms with Crippen LogP contribution in [0.2, 0.25) is 0 Å². The van der Waals surface area contributed by atoms with Crippen LogP contribution in [0.1, 0.15) is 201 Å². The molecular formula is C35H70NO3+. The number of nitrogens with zero attached hydrogens (tertiary/aromatic N) is 1. The molecule has 0 aromatic carbocycles. The molecule has 1 N–H and O–H groups in total. The van der Waals surface area contributed by atoms with E-state index in [0.717, 1.165) is 38.5 Å². The highest BCUT2D eigenvalue weighted by Crippen LogP contribution is 2.20. The molecule has 1 unspecified atom stereocenters. The first-order chi connectivity index (χ1) is 18.9. The molecule has 0 spiro atoms. The quantitative estimate of drug-likeness (QED) is 0.0570. The van der Waals surface area contributed by atoms with Crippen LogP contribution in [0.3, 0.4) is 0 Å². The summed E-state index contributed by atoms with van der Waals surface area (Å²) in [4.78, 5) is 25.9. The number of carbonyl (C=O) groups excluding carboxylic acids is 2. The van der Waals surface area contributed by atoms with E-state index in [1.54, 1.807) is 14.0 Å². The largest absolute Gasteiger partial charge is 0.344 e. The van der Waals surface area contributed by atoms with E-state index in [0.29, 0.717) is 12.8 Å². The Labute approximate surface area is 244 Å². The van der Waals surface area contributed by atoms with Gasteiger partial charge in [-0.15, -0.1) is 0 Å². The molecule has 0 heterocycles. The molecule has 0 fully saturated rings. The van der Waals surface area contributed by atoms with Crippen molar-refractivity contribution in [3.05, 3.63) is 0 Å². The van der Waals surface area contributed by atoms with Crippen LogP contribution in [0.5, 0.6) is 0 Å². The molecule has 4 nitrogen and oxygen atoms in total. The Morgan fingerprint density at radius 1 is 0.462 bits per heavy atom. The van der Waals surface area contributed by atoms with E-state index in [2.05, 4.69) is 13.8 Å². The van der Waals surface area contributed by atoms with Crippen molar-refractivity contribution in [3.63, 3.8) is 0 Å². The van der Waals surface area contributed by atoms with Crippen LogP contribution in [0.25, 0.3) is 0 Å². The van der Waals surface area contributed by atoms with Crippen LogP contribution in [0, 0.1) is 0 Å². The van der Waals surface area contributed by atoms with Crippen molar-refractivity contribution in [2.24, 2.45) is 0 Å². The lowest BCUT2D eigenvalue weighted by Gasteiger charge is -2.31. The number of unbranched alkanes of at least 4 members (excludes halogenated alkanes) is 24. The SMILES string of the molecule is CCCCCCCCCCCCCCCC(=O)[N+](C)(C(=O)CCCCCCCCCCCCCCC)C(C)O. The van der Waals surface area contributed by atoms with Crippen molar-refractivity contribution in [1.82, 2.24) is 0 Å². The molecule has 39 heavy (non-hydrogen) atoms. The van der Waals surface area contributed by atoms with E-state index in [-0.39, 0.29) is 11.8 Å². The number of quaternary nitrogens is 1. The number of aliphatic hydroxyl groups excluding tert-OH is 1. The fourth-order valence-corrected chi connectivity index (χ4v) is 5.61. The van der Waals surface area contributed by atoms with Gasteiger partial charge in [-0.1, -0.05) is 168 Å². The molecule has 0 rings (SSSR count). The molecule has 0 aliphatic rings. The van der Waals surface area contributed by atoms with Gasteiger partial charge in [0.1, 0.15) is 0 Å². The first-order valence-electron chi connectivity index (χ1n) is 17.5. The number of amides is 2. The van der Waals surface area contributed by atoms with Gasteiger partial charge in [0.25, 0.3) is 0 Å². The lowest BCUT2D eigenvalue weighted by atomic mass is 10.0. The van der Waals surface area contributed by atoms with Crippen molar-refractivity contribution in [1.29, 1.82) is 0 Å². The summed E-state index contributed by atoms with van der Waals surface area (Å²) in [5.41, 5.74) is 0. The Hall–Kier alpha value is -0.740. The van der Waals surface area contributed by atoms with Crippen molar-refractivity contribution in [2.75, 3.05) is 7.05 Å². The summed E-state index contributed by atoms with van der Waals surface area (Å²) in [7, 11) is 1.62. The standard InChI is InChI=1S/C35H70NO3/c1-5-7-9-11-13-15-17-19-21-23-25-27-29-31-34(38)36(4,33(3)37)35(39)32-30-28-26-24-22-20-18-16-14-12-10-8-6-2/h33,37H,5-32H2,1-4H3/q+1. The van der Waals surface area contributed by atoms with E-state index in [1.165, 1.54) is 128 Å². The molecule has 0 aliphatic carbocycles. The van der Waals surface area contributed by atoms with Gasteiger partial charge in [-0.25, -0.2) is 9.59 Å². The van der Waals surface area contributed by atoms with Gasteiger partial charge in [-0.3, -0.25) is 0 Å². The molecule has 0 aromatic rings. The summed E-state index contributed by atoms with van der Waals surface area (Å²) >= 11 is 0. The second-order valence-corrected chi connectivity index (χ2v) is 12.5. The number of hydrogen-bond acceptors (Lipinski definition) is 3. The topological polar surface area (TPSA) is 54.4 Å². The van der Waals surface area contributed by atoms with E-state index in [4.69, 9.17) is 0 Å². The Morgan fingerprint density at radius 3 is 0.872 bits per heavy atom. The van der Waals surface area contributed by atoms with Crippen molar-refractivity contribution in [2.45, 2.75) is 207 Å². The van der Waals surface area contributed by atoms with Crippen molar-refractivity contribution >= 4 is 11.8 Å². The highest BCUT2D eigenvalue weighted by atomic mass is 16.3. The predicted octanol–water partition coefficient (Wildman–Crippen LogP) is 10.8. The molecule has 0 bridgehead atoms. The average molecular weight is 553 g/mol. The molecule has 0 radical (unpaired) electrons. The number of hydrogen-bond donors (Lipinski definition) is 1. The summed E-state index contributed by atoms with van der Waals surface area (Å²) in [6, 6.07) is 0. The highest BCUT2D eigenvalue weighted by Gasteiger charge is 2.43. The minimum atomic E-state index is -0.978. The molecule has 232 valence electrons. The number of rotatable bonds is 29. The highest BCUT2D eigenvalue weighted by molar-refractivity contribution is 5.84. The maximum atomic E-state index is 13.0. The third-order valence-electron chi connectivity index (χ3n) is 8.77. The van der Waals surface area contributed by atoms with Crippen LogP contribution < -0.4 is 0 Å². The molecule has 0 aliphatic heterocycles. The van der Waals surface area contributed by atoms with Gasteiger partial charge >= 0.3 is 11.8 Å². The summed E-state index contributed by atoms with van der Waals surface area (Å²) in [6.07, 6.45) is 32.8. The Kier molecular flexibility index (Phi) is 26.9. The van der Waals surface area contributed by atoms with Crippen LogP contribution in [0.15, 0.2) is 0 Å². The average Bonchev–Trinajstić information content (AvgIpc) is 2.92. The van der Waals surface area contributed by atoms with Gasteiger partial charge in [0.2, 0.25) is 6.23 Å². The van der Waals surface area contributed by atoms with Crippen molar-refractivity contribution in [3.8, 4) is 0 Å². The van der Waals surface area contributed by atoms with Crippen molar-refractivity contribution < 1.29 is 19.2 Å². The zero-order valence-electron chi connectivity index (χ0n) is 27.1. The summed E-state index contributed by atoms with van der Waals surface area (Å²) in [5, 5.41) is 10.4. The number of carbonyl (C=O) groups is 2. The summed E-state index contributed by atoms with van der Waals surface area (Å²) in [6.45, 7) is 6.12. The summed E-state index contributed by atoms with van der Waals surface area (Å²) in [5.74, 6) is -0.236. The monoisotopic (exact) mass is 553 g/mol. The second-order valence-electron chi connectivity index (χ2n) is 12.5. The maximum absolute atomic E-state index is 13.0. The third kappa shape index (κ3) is 20.7. The summed E-state index contributed by atoms with van der Waals surface area (Å²) < 4.78 is -0.448. The minimum Gasteiger partial charge on any atom is -0.344 e. The fraction of sp³-hybridized carbons (Fsp3) is 0.943. The third-order valence-corrected chi connectivity index (χ3v) is 8.77. The fourth-order valence-electron chi connectivity index (χ4n) is 5.61. The van der Waals surface area contributed by atoms with E-state index in [9.17, 15) is 14.7 Å². The Bertz CT molecular complexity index is 518. The molecule has 0 aromatic heterocycles. The zero-order chi connectivity index (χ0) is 29.0. The molecule has 4 heteroatoms. The molecule has 0 saturated carbocycles. The molecule has 1 atom stereocenters. The maximum Gasteiger partial charge on any atom is 0.323 e. The lowest BCUT2D eigenvalue weighted by molar-refractivity contribution is -0.810. The van der Waals surface area contributed by atoms with Gasteiger partial charge in [-0.05, 0) is 12.8 Å². The Balaban J connectivity index is 3.87. The van der Waals surface area contributed by atoms with E-state index >= 15 is 0 Å². The van der Waals surface area contributed by atoms with Gasteiger partial charge in [0.05, 0.1) is 19.9 Å². The van der Waals surface area contributed by atoms with E-state index in [1.807, 2.05) is 0 Å². The van der Waals surface area contributed by atoms with Gasteiger partial charge in [0.15, 0.2) is 0 Å². The zero-order valence-corrected chi connectivity index (χ0v) is 27.1.